The highest BCUT2D eigenvalue weighted by atomic mass is 127. The zero-order valence-corrected chi connectivity index (χ0v) is 11.7. The fourth-order valence-corrected chi connectivity index (χ4v) is 2.40. The Kier molecular flexibility index (Phi) is 3.68. The molecule has 1 aromatic carbocycles. The smallest absolute Gasteiger partial charge is 0.257 e. The molecule has 4 nitrogen and oxygen atoms in total. The Morgan fingerprint density at radius 1 is 1.47 bits per heavy atom. The van der Waals surface area contributed by atoms with Crippen LogP contribution in [0.4, 0.5) is 5.82 Å². The third kappa shape index (κ3) is 2.98. The van der Waals surface area contributed by atoms with Crippen molar-refractivity contribution >= 4 is 45.9 Å². The van der Waals surface area contributed by atoms with E-state index in [1.807, 2.05) is 0 Å². The van der Waals surface area contributed by atoms with Crippen LogP contribution in [0.3, 0.4) is 0 Å². The maximum absolute atomic E-state index is 11.9. The van der Waals surface area contributed by atoms with Gasteiger partial charge in [-0.1, -0.05) is 16.8 Å². The molecule has 88 valence electrons. The van der Waals surface area contributed by atoms with Gasteiger partial charge in [0.2, 0.25) is 0 Å². The number of aromatic nitrogens is 1. The van der Waals surface area contributed by atoms with Crippen LogP contribution < -0.4 is 5.32 Å². The Morgan fingerprint density at radius 2 is 2.24 bits per heavy atom. The summed E-state index contributed by atoms with van der Waals surface area (Å²) >= 11 is 7.88. The normalized spacial score (nSPS) is 10.3. The molecule has 1 N–H and O–H groups in total. The zero-order chi connectivity index (χ0) is 12.4. The molecule has 2 aromatic rings. The monoisotopic (exact) mass is 362 g/mol. The number of hydrogen-bond acceptors (Lipinski definition) is 3. The Balaban J connectivity index is 2.20. The van der Waals surface area contributed by atoms with Crippen molar-refractivity contribution in [3.05, 3.63) is 44.2 Å². The van der Waals surface area contributed by atoms with Crippen LogP contribution in [0.25, 0.3) is 0 Å². The number of carbonyl (C=O) groups excluding carboxylic acids is 1. The highest BCUT2D eigenvalue weighted by Crippen LogP contribution is 2.19. The van der Waals surface area contributed by atoms with Crippen LogP contribution in [0.15, 0.2) is 28.8 Å². The van der Waals surface area contributed by atoms with Gasteiger partial charge in [-0.2, -0.15) is 0 Å². The number of aryl methyl sites for hydroxylation is 1. The molecular weight excluding hydrogens is 354 g/mol. The highest BCUT2D eigenvalue weighted by molar-refractivity contribution is 14.1. The second-order valence-corrected chi connectivity index (χ2v) is 5.00. The molecule has 0 saturated carbocycles. The fourth-order valence-electron chi connectivity index (χ4n) is 1.28. The lowest BCUT2D eigenvalue weighted by Gasteiger charge is -2.04. The SMILES string of the molecule is Cc1cc(NC(=O)c2ccc(Cl)cc2I)no1. The van der Waals surface area contributed by atoms with Crippen LogP contribution in [-0.4, -0.2) is 11.1 Å². The number of amides is 1. The van der Waals surface area contributed by atoms with E-state index in [2.05, 4.69) is 33.1 Å². The molecular formula is C11H8ClIN2O2. The van der Waals surface area contributed by atoms with Crippen LogP contribution in [0, 0.1) is 10.5 Å². The average molecular weight is 363 g/mol. The summed E-state index contributed by atoms with van der Waals surface area (Å²) in [5.74, 6) is 0.809. The van der Waals surface area contributed by atoms with Crippen molar-refractivity contribution in [1.82, 2.24) is 5.16 Å². The predicted molar refractivity (Wildman–Crippen MR) is 73.4 cm³/mol. The predicted octanol–water partition coefficient (Wildman–Crippen LogP) is 3.49. The number of rotatable bonds is 2. The molecule has 0 atom stereocenters. The standard InChI is InChI=1S/C11H8ClIN2O2/c1-6-4-10(15-17-6)14-11(16)8-3-2-7(12)5-9(8)13/h2-5H,1H3,(H,14,15,16). The summed E-state index contributed by atoms with van der Waals surface area (Å²) in [4.78, 5) is 11.9. The van der Waals surface area contributed by atoms with E-state index in [0.29, 0.717) is 22.2 Å². The zero-order valence-electron chi connectivity index (χ0n) is 8.83. The number of anilines is 1. The molecule has 0 aliphatic carbocycles. The largest absolute Gasteiger partial charge is 0.360 e. The lowest BCUT2D eigenvalue weighted by Crippen LogP contribution is -2.13. The third-order valence-electron chi connectivity index (χ3n) is 2.05. The van der Waals surface area contributed by atoms with Crippen LogP contribution >= 0.6 is 34.2 Å². The summed E-state index contributed by atoms with van der Waals surface area (Å²) in [6.45, 7) is 1.76. The summed E-state index contributed by atoms with van der Waals surface area (Å²) in [6, 6.07) is 6.73. The van der Waals surface area contributed by atoms with Gasteiger partial charge in [-0.3, -0.25) is 4.79 Å². The maximum Gasteiger partial charge on any atom is 0.257 e. The summed E-state index contributed by atoms with van der Waals surface area (Å²) in [7, 11) is 0. The molecule has 1 heterocycles. The first-order chi connectivity index (χ1) is 8.06. The van der Waals surface area contributed by atoms with Gasteiger partial charge in [0, 0.05) is 14.7 Å². The Hall–Kier alpha value is -1.08. The Morgan fingerprint density at radius 3 is 2.82 bits per heavy atom. The molecule has 6 heteroatoms. The number of nitrogens with one attached hydrogen (secondary N) is 1. The second kappa shape index (κ2) is 5.05. The van der Waals surface area contributed by atoms with E-state index in [0.717, 1.165) is 3.57 Å². The lowest BCUT2D eigenvalue weighted by atomic mass is 10.2. The van der Waals surface area contributed by atoms with Gasteiger partial charge in [0.15, 0.2) is 5.82 Å². The van der Waals surface area contributed by atoms with E-state index < -0.39 is 0 Å². The highest BCUT2D eigenvalue weighted by Gasteiger charge is 2.12. The lowest BCUT2D eigenvalue weighted by molar-refractivity contribution is 0.102. The average Bonchev–Trinajstić information content (AvgIpc) is 2.63. The van der Waals surface area contributed by atoms with Gasteiger partial charge in [0.25, 0.3) is 5.91 Å². The van der Waals surface area contributed by atoms with Crippen LogP contribution in [0.1, 0.15) is 16.1 Å². The first-order valence-corrected chi connectivity index (χ1v) is 6.21. The molecule has 0 fully saturated rings. The van der Waals surface area contributed by atoms with Crippen molar-refractivity contribution < 1.29 is 9.32 Å². The quantitative estimate of drug-likeness (QED) is 0.832. The molecule has 0 aliphatic rings. The molecule has 0 aliphatic heterocycles. The van der Waals surface area contributed by atoms with E-state index in [9.17, 15) is 4.79 Å². The molecule has 1 aromatic heterocycles. The Bertz CT molecular complexity index is 568. The first-order valence-electron chi connectivity index (χ1n) is 4.76. The van der Waals surface area contributed by atoms with E-state index in [1.54, 1.807) is 31.2 Å². The minimum atomic E-state index is -0.237. The number of carbonyl (C=O) groups is 1. The summed E-state index contributed by atoms with van der Waals surface area (Å²) in [5, 5.41) is 6.94. The molecule has 0 unspecified atom stereocenters. The number of hydrogen-bond donors (Lipinski definition) is 1. The van der Waals surface area contributed by atoms with Gasteiger partial charge < -0.3 is 9.84 Å². The molecule has 1 amide bonds. The summed E-state index contributed by atoms with van der Waals surface area (Å²) in [6.07, 6.45) is 0. The third-order valence-corrected chi connectivity index (χ3v) is 3.17. The van der Waals surface area contributed by atoms with Gasteiger partial charge >= 0.3 is 0 Å². The van der Waals surface area contributed by atoms with Crippen LogP contribution in [0.2, 0.25) is 5.02 Å². The van der Waals surface area contributed by atoms with Crippen molar-refractivity contribution in [3.63, 3.8) is 0 Å². The van der Waals surface area contributed by atoms with Gasteiger partial charge in [-0.25, -0.2) is 0 Å². The molecule has 0 saturated heterocycles. The van der Waals surface area contributed by atoms with Crippen molar-refractivity contribution in [2.45, 2.75) is 6.92 Å². The number of benzene rings is 1. The molecule has 0 radical (unpaired) electrons. The van der Waals surface area contributed by atoms with E-state index in [4.69, 9.17) is 16.1 Å². The Labute approximate surface area is 116 Å². The van der Waals surface area contributed by atoms with Gasteiger partial charge in [-0.15, -0.1) is 0 Å². The van der Waals surface area contributed by atoms with Crippen LogP contribution in [-0.2, 0) is 0 Å². The molecule has 0 spiro atoms. The summed E-state index contributed by atoms with van der Waals surface area (Å²) in [5.41, 5.74) is 0.552. The van der Waals surface area contributed by atoms with E-state index >= 15 is 0 Å². The number of halogens is 2. The molecule has 2 rings (SSSR count). The van der Waals surface area contributed by atoms with Gasteiger partial charge in [-0.05, 0) is 47.7 Å². The number of nitrogens with zero attached hydrogens (tertiary/aromatic N) is 1. The second-order valence-electron chi connectivity index (χ2n) is 3.40. The van der Waals surface area contributed by atoms with Crippen molar-refractivity contribution in [3.8, 4) is 0 Å². The van der Waals surface area contributed by atoms with Gasteiger partial charge in [0.05, 0.1) is 5.56 Å². The first kappa shape index (κ1) is 12.4. The van der Waals surface area contributed by atoms with Crippen LogP contribution in [0.5, 0.6) is 0 Å². The minimum Gasteiger partial charge on any atom is -0.360 e. The van der Waals surface area contributed by atoms with Crippen molar-refractivity contribution in [2.75, 3.05) is 5.32 Å². The van der Waals surface area contributed by atoms with Crippen molar-refractivity contribution in [2.24, 2.45) is 0 Å². The maximum atomic E-state index is 11.9. The minimum absolute atomic E-state index is 0.237. The van der Waals surface area contributed by atoms with E-state index in [-0.39, 0.29) is 5.91 Å². The topological polar surface area (TPSA) is 55.1 Å². The molecule has 0 bridgehead atoms. The summed E-state index contributed by atoms with van der Waals surface area (Å²) < 4.78 is 5.65. The molecule has 17 heavy (non-hydrogen) atoms. The van der Waals surface area contributed by atoms with Crippen molar-refractivity contribution in [1.29, 1.82) is 0 Å². The van der Waals surface area contributed by atoms with Gasteiger partial charge in [0.1, 0.15) is 5.76 Å². The van der Waals surface area contributed by atoms with E-state index in [1.165, 1.54) is 0 Å². The fraction of sp³-hybridized carbons (Fsp3) is 0.0909.